The summed E-state index contributed by atoms with van der Waals surface area (Å²) in [6.07, 6.45) is 1.29. The smallest absolute Gasteiger partial charge is 0.339 e. The zero-order valence-electron chi connectivity index (χ0n) is 13.4. The van der Waals surface area contributed by atoms with E-state index in [1.807, 2.05) is 0 Å². The third-order valence-corrected chi connectivity index (χ3v) is 3.75. The Bertz CT molecular complexity index is 1040. The molecule has 1 heterocycles. The molecule has 0 unspecified atom stereocenters. The van der Waals surface area contributed by atoms with Gasteiger partial charge in [-0.1, -0.05) is 0 Å². The highest BCUT2D eigenvalue weighted by Crippen LogP contribution is 2.30. The van der Waals surface area contributed by atoms with Gasteiger partial charge in [-0.25, -0.2) is 9.78 Å². The second-order valence-corrected chi connectivity index (χ2v) is 5.15. The van der Waals surface area contributed by atoms with E-state index in [-0.39, 0.29) is 22.4 Å². The lowest BCUT2D eigenvalue weighted by molar-refractivity contribution is 0.0693. The van der Waals surface area contributed by atoms with Crippen molar-refractivity contribution in [3.05, 3.63) is 52.6 Å². The molecule has 8 heteroatoms. The van der Waals surface area contributed by atoms with Crippen molar-refractivity contribution in [2.24, 2.45) is 0 Å². The van der Waals surface area contributed by atoms with Gasteiger partial charge in [-0.15, -0.1) is 0 Å². The SMILES string of the molecule is COc1cc2ncn(-c3ccc(O)c(C(=O)O)c3)c(=O)c2cc1OC. The topological polar surface area (TPSA) is 111 Å². The minimum absolute atomic E-state index is 0.268. The van der Waals surface area contributed by atoms with Crippen LogP contribution in [0.2, 0.25) is 0 Å². The van der Waals surface area contributed by atoms with E-state index >= 15 is 0 Å². The first kappa shape index (κ1) is 16.3. The molecule has 1 aromatic heterocycles. The molecule has 2 aromatic carbocycles. The Labute approximate surface area is 141 Å². The molecule has 3 rings (SSSR count). The summed E-state index contributed by atoms with van der Waals surface area (Å²) in [6, 6.07) is 6.94. The van der Waals surface area contributed by atoms with Crippen molar-refractivity contribution in [3.63, 3.8) is 0 Å². The van der Waals surface area contributed by atoms with E-state index in [1.54, 1.807) is 6.07 Å². The van der Waals surface area contributed by atoms with Crippen LogP contribution in [0.3, 0.4) is 0 Å². The average Bonchev–Trinajstić information content (AvgIpc) is 2.61. The van der Waals surface area contributed by atoms with Gasteiger partial charge in [-0.05, 0) is 24.3 Å². The molecule has 0 saturated heterocycles. The summed E-state index contributed by atoms with van der Waals surface area (Å²) in [5, 5.41) is 19.0. The van der Waals surface area contributed by atoms with Gasteiger partial charge >= 0.3 is 5.97 Å². The summed E-state index contributed by atoms with van der Waals surface area (Å²) in [4.78, 5) is 28.2. The van der Waals surface area contributed by atoms with Gasteiger partial charge in [0.1, 0.15) is 17.6 Å². The molecule has 0 amide bonds. The third kappa shape index (κ3) is 2.74. The summed E-state index contributed by atoms with van der Waals surface area (Å²) < 4.78 is 11.6. The summed E-state index contributed by atoms with van der Waals surface area (Å²) in [7, 11) is 2.94. The predicted octanol–water partition coefficient (Wildman–Crippen LogP) is 1.81. The maximum Gasteiger partial charge on any atom is 0.339 e. The molecular weight excluding hydrogens is 328 g/mol. The van der Waals surface area contributed by atoms with Crippen LogP contribution in [-0.2, 0) is 0 Å². The second-order valence-electron chi connectivity index (χ2n) is 5.15. The summed E-state index contributed by atoms with van der Waals surface area (Å²) in [5.74, 6) is -0.863. The van der Waals surface area contributed by atoms with Crippen molar-refractivity contribution in [1.29, 1.82) is 0 Å². The van der Waals surface area contributed by atoms with Crippen molar-refractivity contribution >= 4 is 16.9 Å². The highest BCUT2D eigenvalue weighted by Gasteiger charge is 2.14. The molecule has 0 aliphatic rings. The van der Waals surface area contributed by atoms with Crippen LogP contribution in [0.5, 0.6) is 17.2 Å². The predicted molar refractivity (Wildman–Crippen MR) is 89.1 cm³/mol. The maximum atomic E-state index is 12.8. The van der Waals surface area contributed by atoms with Crippen molar-refractivity contribution in [1.82, 2.24) is 9.55 Å². The standard InChI is InChI=1S/C17H14N2O6/c1-24-14-6-10-12(7-15(14)25-2)18-8-19(16(10)21)9-3-4-13(20)11(5-9)17(22)23/h3-8,20H,1-2H3,(H,22,23). The lowest BCUT2D eigenvalue weighted by atomic mass is 10.1. The molecule has 0 atom stereocenters. The number of carbonyl (C=O) groups is 1. The van der Waals surface area contributed by atoms with Crippen LogP contribution in [0.1, 0.15) is 10.4 Å². The number of aromatic nitrogens is 2. The van der Waals surface area contributed by atoms with Crippen LogP contribution < -0.4 is 15.0 Å². The van der Waals surface area contributed by atoms with Gasteiger partial charge in [-0.3, -0.25) is 9.36 Å². The highest BCUT2D eigenvalue weighted by atomic mass is 16.5. The molecule has 0 fully saturated rings. The number of rotatable bonds is 4. The van der Waals surface area contributed by atoms with E-state index in [4.69, 9.17) is 14.6 Å². The van der Waals surface area contributed by atoms with Gasteiger partial charge < -0.3 is 19.7 Å². The molecule has 0 aliphatic carbocycles. The minimum Gasteiger partial charge on any atom is -0.507 e. The zero-order chi connectivity index (χ0) is 18.1. The second kappa shape index (κ2) is 6.16. The fourth-order valence-corrected chi connectivity index (χ4v) is 2.48. The molecule has 128 valence electrons. The van der Waals surface area contributed by atoms with E-state index in [1.165, 1.54) is 49.4 Å². The van der Waals surface area contributed by atoms with Gasteiger partial charge in [0.2, 0.25) is 0 Å². The van der Waals surface area contributed by atoms with Crippen LogP contribution in [-0.4, -0.2) is 40.0 Å². The minimum atomic E-state index is -1.30. The molecule has 25 heavy (non-hydrogen) atoms. The van der Waals surface area contributed by atoms with Crippen LogP contribution in [0, 0.1) is 0 Å². The van der Waals surface area contributed by atoms with Crippen molar-refractivity contribution < 1.29 is 24.5 Å². The van der Waals surface area contributed by atoms with E-state index in [9.17, 15) is 14.7 Å². The Morgan fingerprint density at radius 1 is 1.12 bits per heavy atom. The van der Waals surface area contributed by atoms with Crippen LogP contribution in [0.25, 0.3) is 16.6 Å². The number of ether oxygens (including phenoxy) is 2. The van der Waals surface area contributed by atoms with E-state index in [0.717, 1.165) is 0 Å². The summed E-state index contributed by atoms with van der Waals surface area (Å²) in [5.41, 5.74) is -0.0367. The molecule has 0 spiro atoms. The molecular formula is C17H14N2O6. The number of carboxylic acids is 1. The Morgan fingerprint density at radius 2 is 1.80 bits per heavy atom. The van der Waals surface area contributed by atoms with E-state index < -0.39 is 11.5 Å². The monoisotopic (exact) mass is 342 g/mol. The van der Waals surface area contributed by atoms with E-state index in [0.29, 0.717) is 17.0 Å². The number of nitrogens with zero attached hydrogens (tertiary/aromatic N) is 2. The molecule has 0 aliphatic heterocycles. The molecule has 0 saturated carbocycles. The first-order chi connectivity index (χ1) is 12.0. The maximum absolute atomic E-state index is 12.8. The third-order valence-electron chi connectivity index (χ3n) is 3.75. The van der Waals surface area contributed by atoms with Gasteiger partial charge in [0.05, 0.1) is 30.8 Å². The Hall–Kier alpha value is -3.55. The Morgan fingerprint density at radius 3 is 2.44 bits per heavy atom. The van der Waals surface area contributed by atoms with Crippen molar-refractivity contribution in [3.8, 4) is 22.9 Å². The number of aromatic hydroxyl groups is 1. The molecule has 8 nitrogen and oxygen atoms in total. The molecule has 2 N–H and O–H groups in total. The van der Waals surface area contributed by atoms with Crippen molar-refractivity contribution in [2.75, 3.05) is 14.2 Å². The lowest BCUT2D eigenvalue weighted by Crippen LogP contribution is -2.19. The molecule has 0 bridgehead atoms. The number of methoxy groups -OCH3 is 2. The summed E-state index contributed by atoms with van der Waals surface area (Å²) >= 11 is 0. The number of benzene rings is 2. The number of hydrogen-bond donors (Lipinski definition) is 2. The molecule has 3 aromatic rings. The Balaban J connectivity index is 2.25. The number of aromatic carboxylic acids is 1. The lowest BCUT2D eigenvalue weighted by Gasteiger charge is -2.11. The van der Waals surface area contributed by atoms with E-state index in [2.05, 4.69) is 4.98 Å². The number of phenols is 1. The number of carboxylic acid groups (broad SMARTS) is 1. The van der Waals surface area contributed by atoms with Gasteiger partial charge in [0.25, 0.3) is 5.56 Å². The molecule has 0 radical (unpaired) electrons. The van der Waals surface area contributed by atoms with Gasteiger partial charge in [0.15, 0.2) is 11.5 Å². The zero-order valence-corrected chi connectivity index (χ0v) is 13.4. The summed E-state index contributed by atoms with van der Waals surface area (Å²) in [6.45, 7) is 0. The van der Waals surface area contributed by atoms with Gasteiger partial charge in [0, 0.05) is 6.07 Å². The largest absolute Gasteiger partial charge is 0.507 e. The van der Waals surface area contributed by atoms with Crippen LogP contribution >= 0.6 is 0 Å². The first-order valence-corrected chi connectivity index (χ1v) is 7.16. The fraction of sp³-hybridized carbons (Fsp3) is 0.118. The van der Waals surface area contributed by atoms with Gasteiger partial charge in [-0.2, -0.15) is 0 Å². The van der Waals surface area contributed by atoms with Crippen molar-refractivity contribution in [2.45, 2.75) is 0 Å². The number of fused-ring (bicyclic) bond motifs is 1. The first-order valence-electron chi connectivity index (χ1n) is 7.16. The highest BCUT2D eigenvalue weighted by molar-refractivity contribution is 5.91. The van der Waals surface area contributed by atoms with Crippen LogP contribution in [0.15, 0.2) is 41.5 Å². The fourth-order valence-electron chi connectivity index (χ4n) is 2.48. The Kier molecular flexibility index (Phi) is 4.02. The quantitative estimate of drug-likeness (QED) is 0.744. The number of hydrogen-bond acceptors (Lipinski definition) is 6. The average molecular weight is 342 g/mol. The normalized spacial score (nSPS) is 10.6. The van der Waals surface area contributed by atoms with Crippen LogP contribution in [0.4, 0.5) is 0 Å².